The molecular formula is C22H27N5O2. The van der Waals surface area contributed by atoms with Gasteiger partial charge in [-0.3, -0.25) is 4.99 Å². The molecule has 3 aromatic rings. The van der Waals surface area contributed by atoms with Crippen molar-refractivity contribution in [3.8, 4) is 11.5 Å². The first-order valence-corrected chi connectivity index (χ1v) is 10.1. The van der Waals surface area contributed by atoms with Gasteiger partial charge in [0.1, 0.15) is 5.65 Å². The van der Waals surface area contributed by atoms with Crippen molar-refractivity contribution in [3.05, 3.63) is 54.0 Å². The molecule has 0 fully saturated rings. The summed E-state index contributed by atoms with van der Waals surface area (Å²) in [7, 11) is 0. The molecule has 0 aliphatic carbocycles. The van der Waals surface area contributed by atoms with Gasteiger partial charge in [0, 0.05) is 50.1 Å². The van der Waals surface area contributed by atoms with Gasteiger partial charge >= 0.3 is 0 Å². The minimum absolute atomic E-state index is 0.642. The fourth-order valence-electron chi connectivity index (χ4n) is 3.29. The van der Waals surface area contributed by atoms with E-state index in [4.69, 9.17) is 19.5 Å². The molecule has 7 nitrogen and oxygen atoms in total. The summed E-state index contributed by atoms with van der Waals surface area (Å²) in [5.41, 5.74) is 4.13. The van der Waals surface area contributed by atoms with Crippen LogP contribution in [0, 0.1) is 6.92 Å². The maximum atomic E-state index is 5.77. The van der Waals surface area contributed by atoms with E-state index in [9.17, 15) is 0 Å². The molecule has 0 saturated heterocycles. The third kappa shape index (κ3) is 4.62. The van der Waals surface area contributed by atoms with Gasteiger partial charge in [-0.2, -0.15) is 0 Å². The molecule has 1 aliphatic rings. The third-order valence-corrected chi connectivity index (χ3v) is 4.72. The van der Waals surface area contributed by atoms with E-state index < -0.39 is 0 Å². The van der Waals surface area contributed by atoms with Crippen molar-refractivity contribution in [3.63, 3.8) is 0 Å². The van der Waals surface area contributed by atoms with E-state index >= 15 is 0 Å². The summed E-state index contributed by atoms with van der Waals surface area (Å²) >= 11 is 0. The van der Waals surface area contributed by atoms with Gasteiger partial charge in [0.2, 0.25) is 0 Å². The minimum Gasteiger partial charge on any atom is -0.490 e. The van der Waals surface area contributed by atoms with Crippen LogP contribution in [0.3, 0.4) is 0 Å². The van der Waals surface area contributed by atoms with E-state index in [1.54, 1.807) is 0 Å². The van der Waals surface area contributed by atoms with Gasteiger partial charge in [0.15, 0.2) is 17.5 Å². The summed E-state index contributed by atoms with van der Waals surface area (Å²) < 4.78 is 13.5. The number of hydrogen-bond donors (Lipinski definition) is 2. The van der Waals surface area contributed by atoms with Crippen LogP contribution >= 0.6 is 0 Å². The van der Waals surface area contributed by atoms with Gasteiger partial charge in [0.05, 0.1) is 18.9 Å². The topological polar surface area (TPSA) is 72.2 Å². The van der Waals surface area contributed by atoms with Crippen molar-refractivity contribution in [1.82, 2.24) is 14.7 Å². The lowest BCUT2D eigenvalue weighted by Crippen LogP contribution is -2.30. The van der Waals surface area contributed by atoms with Gasteiger partial charge in [0.25, 0.3) is 0 Å². The molecule has 1 aromatic carbocycles. The number of rotatable bonds is 5. The fourth-order valence-corrected chi connectivity index (χ4v) is 3.29. The molecule has 1 aliphatic heterocycles. The Morgan fingerprint density at radius 1 is 1.21 bits per heavy atom. The molecule has 29 heavy (non-hydrogen) atoms. The maximum absolute atomic E-state index is 5.77. The first-order valence-electron chi connectivity index (χ1n) is 10.1. The predicted octanol–water partition coefficient (Wildman–Crippen LogP) is 3.42. The Balaban J connectivity index is 1.43. The lowest BCUT2D eigenvalue weighted by molar-refractivity contribution is 0.297. The number of nitrogens with zero attached hydrogens (tertiary/aromatic N) is 3. The highest BCUT2D eigenvalue weighted by Crippen LogP contribution is 2.32. The summed E-state index contributed by atoms with van der Waals surface area (Å²) in [6, 6.07) is 9.98. The quantitative estimate of drug-likeness (QED) is 0.513. The van der Waals surface area contributed by atoms with E-state index in [-0.39, 0.29) is 0 Å². The second-order valence-electron chi connectivity index (χ2n) is 7.00. The summed E-state index contributed by atoms with van der Waals surface area (Å²) in [5, 5.41) is 6.64. The number of hydrogen-bond acceptors (Lipinski definition) is 4. The molecule has 0 unspecified atom stereocenters. The van der Waals surface area contributed by atoms with E-state index in [2.05, 4.69) is 41.1 Å². The molecule has 2 aromatic heterocycles. The zero-order chi connectivity index (χ0) is 20.1. The second kappa shape index (κ2) is 8.86. The second-order valence-corrected chi connectivity index (χ2v) is 7.00. The Hall–Kier alpha value is -3.22. The van der Waals surface area contributed by atoms with Gasteiger partial charge in [-0.25, -0.2) is 4.98 Å². The third-order valence-electron chi connectivity index (χ3n) is 4.72. The predicted molar refractivity (Wildman–Crippen MR) is 115 cm³/mol. The molecule has 0 radical (unpaired) electrons. The first-order chi connectivity index (χ1) is 14.2. The Bertz CT molecular complexity index is 1010. The number of aromatic nitrogens is 2. The molecule has 0 spiro atoms. The number of anilines is 1. The van der Waals surface area contributed by atoms with Crippen LogP contribution in [0.5, 0.6) is 11.5 Å². The Morgan fingerprint density at radius 2 is 2.07 bits per heavy atom. The highest BCUT2D eigenvalue weighted by molar-refractivity contribution is 5.93. The molecule has 0 atom stereocenters. The average Bonchev–Trinajstić information content (AvgIpc) is 2.99. The van der Waals surface area contributed by atoms with Gasteiger partial charge in [-0.15, -0.1) is 0 Å². The van der Waals surface area contributed by atoms with Crippen molar-refractivity contribution >= 4 is 17.3 Å². The summed E-state index contributed by atoms with van der Waals surface area (Å²) in [6.07, 6.45) is 5.77. The number of benzene rings is 1. The standard InChI is InChI=1S/C22H27N5O2/c1-3-23-22(26-17-7-8-19-20(14-17)29-13-5-12-28-19)24-10-9-18-15-27-11-4-6-16(2)21(27)25-18/h4,6-8,11,14-15H,3,5,9-10,12-13H2,1-2H3,(H2,23,24,26). The van der Waals surface area contributed by atoms with Crippen LogP contribution in [0.4, 0.5) is 5.69 Å². The summed E-state index contributed by atoms with van der Waals surface area (Å²) in [6.45, 7) is 6.91. The lowest BCUT2D eigenvalue weighted by atomic mass is 10.2. The van der Waals surface area contributed by atoms with Crippen LogP contribution in [0.1, 0.15) is 24.6 Å². The van der Waals surface area contributed by atoms with Crippen LogP contribution in [-0.2, 0) is 6.42 Å². The largest absolute Gasteiger partial charge is 0.490 e. The monoisotopic (exact) mass is 393 g/mol. The van der Waals surface area contributed by atoms with Crippen LogP contribution in [0.15, 0.2) is 47.7 Å². The molecule has 3 heterocycles. The zero-order valence-electron chi connectivity index (χ0n) is 16.9. The van der Waals surface area contributed by atoms with Gasteiger partial charge in [-0.1, -0.05) is 6.07 Å². The number of imidazole rings is 1. The van der Waals surface area contributed by atoms with Crippen molar-refractivity contribution in [2.75, 3.05) is 31.6 Å². The van der Waals surface area contributed by atoms with E-state index in [1.807, 2.05) is 30.5 Å². The molecule has 7 heteroatoms. The van der Waals surface area contributed by atoms with Crippen LogP contribution < -0.4 is 20.1 Å². The molecule has 0 saturated carbocycles. The fraction of sp³-hybridized carbons (Fsp3) is 0.364. The number of pyridine rings is 1. The van der Waals surface area contributed by atoms with Crippen LogP contribution in [0.25, 0.3) is 5.65 Å². The van der Waals surface area contributed by atoms with E-state index in [1.165, 1.54) is 5.56 Å². The van der Waals surface area contributed by atoms with Crippen molar-refractivity contribution in [2.45, 2.75) is 26.7 Å². The first kappa shape index (κ1) is 19.1. The average molecular weight is 393 g/mol. The van der Waals surface area contributed by atoms with Gasteiger partial charge in [-0.05, 0) is 37.6 Å². The molecule has 4 rings (SSSR count). The van der Waals surface area contributed by atoms with E-state index in [0.29, 0.717) is 19.8 Å². The highest BCUT2D eigenvalue weighted by Gasteiger charge is 2.11. The van der Waals surface area contributed by atoms with Crippen molar-refractivity contribution in [1.29, 1.82) is 0 Å². The number of nitrogens with one attached hydrogen (secondary N) is 2. The maximum Gasteiger partial charge on any atom is 0.195 e. The molecule has 0 bridgehead atoms. The molecular weight excluding hydrogens is 366 g/mol. The number of aryl methyl sites for hydroxylation is 1. The Labute approximate surface area is 170 Å². The smallest absolute Gasteiger partial charge is 0.195 e. The van der Waals surface area contributed by atoms with Crippen LogP contribution in [0.2, 0.25) is 0 Å². The SMILES string of the molecule is CCNC(=NCCc1cn2cccc(C)c2n1)Nc1ccc2c(c1)OCCCO2. The number of ether oxygens (including phenoxy) is 2. The molecule has 152 valence electrons. The van der Waals surface area contributed by atoms with Crippen LogP contribution in [-0.4, -0.2) is 41.6 Å². The molecule has 0 amide bonds. The van der Waals surface area contributed by atoms with Gasteiger partial charge < -0.3 is 24.5 Å². The Kier molecular flexibility index (Phi) is 5.84. The number of aliphatic imine (C=N–C) groups is 1. The zero-order valence-corrected chi connectivity index (χ0v) is 16.9. The van der Waals surface area contributed by atoms with E-state index in [0.717, 1.165) is 53.9 Å². The van der Waals surface area contributed by atoms with Crippen molar-refractivity contribution in [2.24, 2.45) is 4.99 Å². The normalized spacial score (nSPS) is 13.9. The minimum atomic E-state index is 0.642. The summed E-state index contributed by atoms with van der Waals surface area (Å²) in [5.74, 6) is 2.29. The van der Waals surface area contributed by atoms with Crippen molar-refractivity contribution < 1.29 is 9.47 Å². The summed E-state index contributed by atoms with van der Waals surface area (Å²) in [4.78, 5) is 9.42. The lowest BCUT2D eigenvalue weighted by Gasteiger charge is -2.13. The Morgan fingerprint density at radius 3 is 2.90 bits per heavy atom. The molecule has 2 N–H and O–H groups in total. The number of guanidine groups is 1. The number of fused-ring (bicyclic) bond motifs is 2. The highest BCUT2D eigenvalue weighted by atomic mass is 16.5.